The van der Waals surface area contributed by atoms with Gasteiger partial charge in [-0.1, -0.05) is 24.3 Å². The molecule has 0 saturated heterocycles. The number of carboxylic acids is 1. The van der Waals surface area contributed by atoms with Crippen LogP contribution in [-0.4, -0.2) is 18.2 Å². The number of ether oxygens (including phenoxy) is 1. The van der Waals surface area contributed by atoms with E-state index < -0.39 is 11.9 Å². The molecule has 0 heterocycles. The van der Waals surface area contributed by atoms with E-state index in [0.29, 0.717) is 0 Å². The number of aliphatic carboxylic acids is 1. The third-order valence-corrected chi connectivity index (χ3v) is 2.94. The van der Waals surface area contributed by atoms with Crippen molar-refractivity contribution < 1.29 is 14.6 Å². The maximum atomic E-state index is 10.9. The molecule has 1 N–H and O–H groups in total. The molecule has 0 spiro atoms. The molecule has 0 aromatic heterocycles. The van der Waals surface area contributed by atoms with Crippen LogP contribution >= 0.6 is 12.4 Å². The molecule has 0 fully saturated rings. The van der Waals surface area contributed by atoms with Crippen LogP contribution in [0.1, 0.15) is 18.4 Å². The van der Waals surface area contributed by atoms with Gasteiger partial charge in [0, 0.05) is 0 Å². The van der Waals surface area contributed by atoms with Gasteiger partial charge in [-0.15, -0.1) is 12.4 Å². The third-order valence-electron chi connectivity index (χ3n) is 2.94. The van der Waals surface area contributed by atoms with Crippen LogP contribution in [0.25, 0.3) is 10.8 Å². The molecule has 0 radical (unpaired) electrons. The van der Waals surface area contributed by atoms with Crippen LogP contribution in [0.3, 0.4) is 0 Å². The number of carbonyl (C=O) groups is 1. The third kappa shape index (κ3) is 2.74. The maximum absolute atomic E-state index is 10.9. The first-order valence-electron chi connectivity index (χ1n) is 5.42. The monoisotopic (exact) mass is 266 g/mol. The fourth-order valence-corrected chi connectivity index (χ4v) is 1.78. The first kappa shape index (κ1) is 14.3. The highest BCUT2D eigenvalue weighted by atomic mass is 35.5. The van der Waals surface area contributed by atoms with Gasteiger partial charge < -0.3 is 9.84 Å². The lowest BCUT2D eigenvalue weighted by atomic mass is 9.98. The standard InChI is InChI=1S/C14H14O3.ClH/c1-9(14(15)16)10-3-4-12-8-13(17-2)6-5-11(12)7-10;/h3-9H,1-2H3,(H,15,16);1H. The van der Waals surface area contributed by atoms with E-state index in [0.717, 1.165) is 22.1 Å². The minimum absolute atomic E-state index is 0. The number of methoxy groups -OCH3 is 1. The van der Waals surface area contributed by atoms with E-state index in [1.807, 2.05) is 36.4 Å². The molecule has 1 atom stereocenters. The molecule has 0 aliphatic rings. The highest BCUT2D eigenvalue weighted by Gasteiger charge is 2.13. The summed E-state index contributed by atoms with van der Waals surface area (Å²) in [6, 6.07) is 11.4. The fraction of sp³-hybridized carbons (Fsp3) is 0.214. The Hall–Kier alpha value is -1.74. The van der Waals surface area contributed by atoms with Crippen molar-refractivity contribution in [1.29, 1.82) is 0 Å². The predicted molar refractivity (Wildman–Crippen MR) is 73.8 cm³/mol. The summed E-state index contributed by atoms with van der Waals surface area (Å²) in [4.78, 5) is 10.9. The highest BCUT2D eigenvalue weighted by molar-refractivity contribution is 5.86. The normalized spacial score (nSPS) is 11.7. The van der Waals surface area contributed by atoms with Crippen molar-refractivity contribution in [2.45, 2.75) is 12.8 Å². The Bertz CT molecular complexity index is 566. The number of benzene rings is 2. The van der Waals surface area contributed by atoms with E-state index in [9.17, 15) is 4.79 Å². The predicted octanol–water partition coefficient (Wildman–Crippen LogP) is 3.46. The molecule has 0 saturated carbocycles. The van der Waals surface area contributed by atoms with E-state index in [1.165, 1.54) is 0 Å². The van der Waals surface area contributed by atoms with Gasteiger partial charge in [0.1, 0.15) is 5.75 Å². The van der Waals surface area contributed by atoms with Gasteiger partial charge in [-0.3, -0.25) is 4.79 Å². The molecule has 96 valence electrons. The molecule has 18 heavy (non-hydrogen) atoms. The maximum Gasteiger partial charge on any atom is 0.310 e. The first-order valence-corrected chi connectivity index (χ1v) is 5.42. The van der Waals surface area contributed by atoms with Gasteiger partial charge in [-0.05, 0) is 35.4 Å². The van der Waals surface area contributed by atoms with E-state index in [-0.39, 0.29) is 12.4 Å². The van der Waals surface area contributed by atoms with Crippen LogP contribution in [0, 0.1) is 0 Å². The Balaban J connectivity index is 0.00000162. The van der Waals surface area contributed by atoms with Crippen molar-refractivity contribution >= 4 is 29.1 Å². The topological polar surface area (TPSA) is 46.5 Å². The lowest BCUT2D eigenvalue weighted by Crippen LogP contribution is -2.06. The summed E-state index contributed by atoms with van der Waals surface area (Å²) >= 11 is 0. The molecule has 0 bridgehead atoms. The molecule has 0 aliphatic heterocycles. The smallest absolute Gasteiger partial charge is 0.310 e. The molecule has 4 heteroatoms. The quantitative estimate of drug-likeness (QED) is 0.925. The molecule has 2 rings (SSSR count). The van der Waals surface area contributed by atoms with Crippen LogP contribution in [0.2, 0.25) is 0 Å². The number of hydrogen-bond donors (Lipinski definition) is 1. The summed E-state index contributed by atoms with van der Waals surface area (Å²) in [6.45, 7) is 1.69. The Morgan fingerprint density at radius 1 is 1.17 bits per heavy atom. The van der Waals surface area contributed by atoms with Crippen molar-refractivity contribution in [2.75, 3.05) is 7.11 Å². The molecule has 3 nitrogen and oxygen atoms in total. The van der Waals surface area contributed by atoms with Gasteiger partial charge in [-0.2, -0.15) is 0 Å². The number of hydrogen-bond acceptors (Lipinski definition) is 2. The lowest BCUT2D eigenvalue weighted by Gasteiger charge is -2.08. The summed E-state index contributed by atoms with van der Waals surface area (Å²) in [5.41, 5.74) is 0.815. The average molecular weight is 267 g/mol. The molecule has 1 unspecified atom stereocenters. The fourth-order valence-electron chi connectivity index (χ4n) is 1.78. The summed E-state index contributed by atoms with van der Waals surface area (Å²) in [5.74, 6) is -0.490. The summed E-state index contributed by atoms with van der Waals surface area (Å²) in [6.07, 6.45) is 0. The lowest BCUT2D eigenvalue weighted by molar-refractivity contribution is -0.138. The van der Waals surface area contributed by atoms with Crippen molar-refractivity contribution in [3.8, 4) is 5.75 Å². The summed E-state index contributed by atoms with van der Waals surface area (Å²) in [7, 11) is 1.63. The van der Waals surface area contributed by atoms with Crippen molar-refractivity contribution in [3.05, 3.63) is 42.0 Å². The molecule has 0 amide bonds. The second-order valence-corrected chi connectivity index (χ2v) is 4.03. The average Bonchev–Trinajstić information content (AvgIpc) is 2.36. The zero-order valence-corrected chi connectivity index (χ0v) is 11.0. The van der Waals surface area contributed by atoms with Gasteiger partial charge in [0.05, 0.1) is 13.0 Å². The Morgan fingerprint density at radius 2 is 1.78 bits per heavy atom. The Morgan fingerprint density at radius 3 is 2.39 bits per heavy atom. The largest absolute Gasteiger partial charge is 0.497 e. The Kier molecular flexibility index (Phi) is 4.56. The molecule has 0 aliphatic carbocycles. The van der Waals surface area contributed by atoms with Crippen LogP contribution in [0.4, 0.5) is 0 Å². The molecule has 2 aromatic carbocycles. The number of rotatable bonds is 3. The minimum atomic E-state index is -0.808. The highest BCUT2D eigenvalue weighted by Crippen LogP contribution is 2.25. The Labute approximate surface area is 112 Å². The van der Waals surface area contributed by atoms with Gasteiger partial charge in [0.15, 0.2) is 0 Å². The first-order chi connectivity index (χ1) is 8.11. The van der Waals surface area contributed by atoms with Crippen molar-refractivity contribution in [1.82, 2.24) is 0 Å². The number of halogens is 1. The zero-order chi connectivity index (χ0) is 12.4. The minimum Gasteiger partial charge on any atom is -0.497 e. The number of carboxylic acid groups (broad SMARTS) is 1. The van der Waals surface area contributed by atoms with E-state index in [4.69, 9.17) is 9.84 Å². The summed E-state index contributed by atoms with van der Waals surface area (Å²) < 4.78 is 5.14. The molecular formula is C14H15ClO3. The van der Waals surface area contributed by atoms with E-state index in [2.05, 4.69) is 0 Å². The SMILES string of the molecule is COc1ccc2cc(C(C)C(=O)O)ccc2c1.Cl. The second-order valence-electron chi connectivity index (χ2n) is 4.03. The molecular weight excluding hydrogens is 252 g/mol. The van der Waals surface area contributed by atoms with Crippen LogP contribution in [0.5, 0.6) is 5.75 Å². The zero-order valence-electron chi connectivity index (χ0n) is 10.2. The summed E-state index contributed by atoms with van der Waals surface area (Å²) in [5, 5.41) is 11.0. The van der Waals surface area contributed by atoms with Crippen molar-refractivity contribution in [2.24, 2.45) is 0 Å². The number of fused-ring (bicyclic) bond motifs is 1. The van der Waals surface area contributed by atoms with Gasteiger partial charge in [-0.25, -0.2) is 0 Å². The molecule has 2 aromatic rings. The van der Waals surface area contributed by atoms with E-state index in [1.54, 1.807) is 14.0 Å². The van der Waals surface area contributed by atoms with Gasteiger partial charge >= 0.3 is 5.97 Å². The van der Waals surface area contributed by atoms with Gasteiger partial charge in [0.25, 0.3) is 0 Å². The van der Waals surface area contributed by atoms with Crippen LogP contribution in [-0.2, 0) is 4.79 Å². The van der Waals surface area contributed by atoms with Crippen LogP contribution < -0.4 is 4.74 Å². The van der Waals surface area contributed by atoms with Gasteiger partial charge in [0.2, 0.25) is 0 Å². The van der Waals surface area contributed by atoms with Crippen LogP contribution in [0.15, 0.2) is 36.4 Å². The van der Waals surface area contributed by atoms with E-state index >= 15 is 0 Å². The van der Waals surface area contributed by atoms with Crippen molar-refractivity contribution in [3.63, 3.8) is 0 Å². The second kappa shape index (κ2) is 5.74.